The van der Waals surface area contributed by atoms with E-state index < -0.39 is 64.9 Å². The molecule has 1 aromatic carbocycles. The van der Waals surface area contributed by atoms with E-state index >= 15 is 0 Å². The number of amides is 2. The van der Waals surface area contributed by atoms with E-state index in [2.05, 4.69) is 10.6 Å². The monoisotopic (exact) mass is 494 g/mol. The average molecular weight is 495 g/mol. The van der Waals surface area contributed by atoms with Crippen molar-refractivity contribution in [1.82, 2.24) is 5.32 Å². The van der Waals surface area contributed by atoms with Gasteiger partial charge in [0.15, 0.2) is 0 Å². The van der Waals surface area contributed by atoms with Crippen LogP contribution >= 0.6 is 0 Å². The minimum Gasteiger partial charge on any atom is -0.466 e. The molecule has 0 spiro atoms. The molecule has 10 nitrogen and oxygen atoms in total. The number of benzene rings is 1. The third-order valence-electron chi connectivity index (χ3n) is 5.85. The van der Waals surface area contributed by atoms with Crippen LogP contribution in [0.25, 0.3) is 0 Å². The summed E-state index contributed by atoms with van der Waals surface area (Å²) in [4.78, 5) is 51.0. The Hall–Kier alpha value is -3.37. The zero-order valence-corrected chi connectivity index (χ0v) is 20.4. The molecular weight excluding hydrogens is 463 g/mol. The van der Waals surface area contributed by atoms with Gasteiger partial charge in [0.2, 0.25) is 0 Å². The Morgan fingerprint density at radius 1 is 1.09 bits per heavy atom. The molecule has 2 N–H and O–H groups in total. The fourth-order valence-corrected chi connectivity index (χ4v) is 4.69. The van der Waals surface area contributed by atoms with E-state index in [9.17, 15) is 23.6 Å². The van der Waals surface area contributed by atoms with Crippen molar-refractivity contribution in [3.63, 3.8) is 0 Å². The molecule has 1 aromatic rings. The van der Waals surface area contributed by atoms with Crippen LogP contribution in [-0.4, -0.2) is 54.6 Å². The number of fused-ring (bicyclic) bond motifs is 1. The number of carbonyl (C=O) groups is 4. The molecule has 2 aliphatic carbocycles. The first-order valence-electron chi connectivity index (χ1n) is 11.5. The number of anilines is 1. The van der Waals surface area contributed by atoms with Crippen LogP contribution in [0.15, 0.2) is 24.3 Å². The number of nitrogens with one attached hydrogen (secondary N) is 2. The molecule has 2 fully saturated rings. The average Bonchev–Trinajstić information content (AvgIpc) is 3.41. The van der Waals surface area contributed by atoms with Crippen molar-refractivity contribution in [1.29, 1.82) is 0 Å². The predicted molar refractivity (Wildman–Crippen MR) is 121 cm³/mol. The van der Waals surface area contributed by atoms with E-state index in [0.29, 0.717) is 0 Å². The summed E-state index contributed by atoms with van der Waals surface area (Å²) in [6, 6.07) is 5.24. The fourth-order valence-electron chi connectivity index (χ4n) is 4.69. The second-order valence-corrected chi connectivity index (χ2v) is 9.48. The highest BCUT2D eigenvalue weighted by molar-refractivity contribution is 5.91. The fraction of sp³-hybridized carbons (Fsp3) is 0.583. The van der Waals surface area contributed by atoms with Crippen molar-refractivity contribution in [2.75, 3.05) is 18.5 Å². The Labute approximate surface area is 202 Å². The van der Waals surface area contributed by atoms with Crippen LogP contribution in [0.4, 0.5) is 19.7 Å². The van der Waals surface area contributed by atoms with Gasteiger partial charge in [0, 0.05) is 23.9 Å². The molecule has 35 heavy (non-hydrogen) atoms. The van der Waals surface area contributed by atoms with Gasteiger partial charge < -0.3 is 24.3 Å². The van der Waals surface area contributed by atoms with E-state index in [4.69, 9.17) is 18.9 Å². The maximum Gasteiger partial charge on any atom is 0.411 e. The normalized spacial score (nSPS) is 26.7. The molecule has 2 amide bonds. The van der Waals surface area contributed by atoms with Gasteiger partial charge in [0.1, 0.15) is 23.1 Å². The zero-order chi connectivity index (χ0) is 26.0. The number of alkyl carbamates (subject to hydrolysis) is 1. The number of hydrogen-bond acceptors (Lipinski definition) is 8. The summed E-state index contributed by atoms with van der Waals surface area (Å²) in [7, 11) is 0. The molecule has 192 valence electrons. The highest BCUT2D eigenvalue weighted by Gasteiger charge is 2.77. The van der Waals surface area contributed by atoms with Crippen LogP contribution in [0, 0.1) is 23.6 Å². The van der Waals surface area contributed by atoms with Gasteiger partial charge in [-0.1, -0.05) is 6.07 Å². The molecule has 5 atom stereocenters. The van der Waals surface area contributed by atoms with Crippen molar-refractivity contribution in [3.05, 3.63) is 30.1 Å². The van der Waals surface area contributed by atoms with Crippen molar-refractivity contribution in [2.24, 2.45) is 17.8 Å². The first-order valence-corrected chi connectivity index (χ1v) is 11.5. The summed E-state index contributed by atoms with van der Waals surface area (Å²) < 4.78 is 34.8. The number of esters is 2. The van der Waals surface area contributed by atoms with Crippen LogP contribution in [0.5, 0.6) is 0 Å². The smallest absolute Gasteiger partial charge is 0.411 e. The maximum atomic E-state index is 13.5. The Kier molecular flexibility index (Phi) is 7.56. The SMILES string of the molecule is CCOC(=O)[C@H]1C2C(OC(=O)Nc3cccc(F)c3)CC(NC(=O)OC(C)(C)C)(C(=O)OCC)C21. The highest BCUT2D eigenvalue weighted by Crippen LogP contribution is 2.64. The topological polar surface area (TPSA) is 129 Å². The predicted octanol–water partition coefficient (Wildman–Crippen LogP) is 3.40. The largest absolute Gasteiger partial charge is 0.466 e. The third kappa shape index (κ3) is 5.83. The maximum absolute atomic E-state index is 13.5. The van der Waals surface area contributed by atoms with Crippen LogP contribution < -0.4 is 10.6 Å². The number of carbonyl (C=O) groups excluding carboxylic acids is 4. The van der Waals surface area contributed by atoms with E-state index in [1.165, 1.54) is 18.2 Å². The number of halogens is 1. The second-order valence-electron chi connectivity index (χ2n) is 9.48. The molecule has 0 heterocycles. The molecule has 0 aliphatic heterocycles. The Bertz CT molecular complexity index is 994. The van der Waals surface area contributed by atoms with Crippen molar-refractivity contribution >= 4 is 29.8 Å². The lowest BCUT2D eigenvalue weighted by Crippen LogP contribution is -2.58. The van der Waals surface area contributed by atoms with E-state index in [1.54, 1.807) is 34.6 Å². The van der Waals surface area contributed by atoms with Crippen molar-refractivity contribution < 1.29 is 42.5 Å². The Morgan fingerprint density at radius 2 is 1.77 bits per heavy atom. The number of ether oxygens (including phenoxy) is 4. The summed E-state index contributed by atoms with van der Waals surface area (Å²) in [5.41, 5.74) is -2.33. The minimum atomic E-state index is -1.66. The van der Waals surface area contributed by atoms with Gasteiger partial charge in [-0.2, -0.15) is 0 Å². The molecule has 0 bridgehead atoms. The third-order valence-corrected chi connectivity index (χ3v) is 5.85. The second kappa shape index (κ2) is 10.1. The lowest BCUT2D eigenvalue weighted by molar-refractivity contribution is -0.154. The van der Waals surface area contributed by atoms with Gasteiger partial charge in [-0.25, -0.2) is 18.8 Å². The molecule has 2 aliphatic rings. The molecule has 0 saturated heterocycles. The van der Waals surface area contributed by atoms with Gasteiger partial charge in [-0.05, 0) is 52.8 Å². The molecule has 0 aromatic heterocycles. The minimum absolute atomic E-state index is 0.0314. The zero-order valence-electron chi connectivity index (χ0n) is 20.4. The van der Waals surface area contributed by atoms with Crippen LogP contribution in [0.1, 0.15) is 41.0 Å². The summed E-state index contributed by atoms with van der Waals surface area (Å²) in [6.45, 7) is 8.42. The summed E-state index contributed by atoms with van der Waals surface area (Å²) in [5, 5.41) is 5.03. The lowest BCUT2D eigenvalue weighted by atomic mass is 9.89. The van der Waals surface area contributed by atoms with Crippen LogP contribution in [-0.2, 0) is 28.5 Å². The standard InChI is InChI=1S/C24H31FN2O8/c1-6-32-19(28)17-16-15(34-21(30)26-14-10-8-9-13(25)11-14)12-24(18(16)17,20(29)33-7-2)27-22(31)35-23(3,4)5/h8-11,15-18H,6-7,12H2,1-5H3,(H,26,30)(H,27,31)/t15?,16?,17-,18?,24?/m0/s1. The molecular formula is C24H31FN2O8. The van der Waals surface area contributed by atoms with Crippen LogP contribution in [0.2, 0.25) is 0 Å². The van der Waals surface area contributed by atoms with Gasteiger partial charge in [0.25, 0.3) is 0 Å². The van der Waals surface area contributed by atoms with Gasteiger partial charge in [-0.3, -0.25) is 10.1 Å². The van der Waals surface area contributed by atoms with Crippen LogP contribution in [0.3, 0.4) is 0 Å². The Morgan fingerprint density at radius 3 is 2.37 bits per heavy atom. The summed E-state index contributed by atoms with van der Waals surface area (Å²) in [6.07, 6.45) is -2.83. The molecule has 2 saturated carbocycles. The van der Waals surface area contributed by atoms with Gasteiger partial charge >= 0.3 is 24.1 Å². The van der Waals surface area contributed by atoms with E-state index in [1.807, 2.05) is 0 Å². The van der Waals surface area contributed by atoms with E-state index in [0.717, 1.165) is 6.07 Å². The number of rotatable bonds is 7. The Balaban J connectivity index is 1.87. The summed E-state index contributed by atoms with van der Waals surface area (Å²) >= 11 is 0. The van der Waals surface area contributed by atoms with Gasteiger partial charge in [-0.15, -0.1) is 0 Å². The number of hydrogen-bond donors (Lipinski definition) is 2. The lowest BCUT2D eigenvalue weighted by Gasteiger charge is -2.33. The molecule has 4 unspecified atom stereocenters. The molecule has 3 rings (SSSR count). The first kappa shape index (κ1) is 26.2. The summed E-state index contributed by atoms with van der Waals surface area (Å²) in [5.74, 6) is -3.98. The van der Waals surface area contributed by atoms with Crippen molar-refractivity contribution in [2.45, 2.75) is 58.3 Å². The quantitative estimate of drug-likeness (QED) is 0.436. The van der Waals surface area contributed by atoms with Gasteiger partial charge in [0.05, 0.1) is 19.1 Å². The van der Waals surface area contributed by atoms with E-state index in [-0.39, 0.29) is 25.3 Å². The molecule has 0 radical (unpaired) electrons. The first-order chi connectivity index (χ1) is 16.4. The highest BCUT2D eigenvalue weighted by atomic mass is 19.1. The molecule has 11 heteroatoms. The van der Waals surface area contributed by atoms with Crippen molar-refractivity contribution in [3.8, 4) is 0 Å².